The van der Waals surface area contributed by atoms with Crippen molar-refractivity contribution < 1.29 is 92.6 Å². The van der Waals surface area contributed by atoms with Gasteiger partial charge in [-0.05, 0) is 100.0 Å². The molecule has 0 aliphatic heterocycles. The Hall–Kier alpha value is -6.75. The number of aliphatic hydroxyl groups excluding tert-OH is 1. The minimum atomic E-state index is -4.05. The average molecular weight is 1520 g/mol. The van der Waals surface area contributed by atoms with Crippen molar-refractivity contribution in [2.24, 2.45) is 31.1 Å². The molecule has 0 aliphatic rings. The Bertz CT molecular complexity index is 4440. The maximum Gasteiger partial charge on any atom is 1.00 e. The third-order valence-electron chi connectivity index (χ3n) is 14.4. The zero-order valence-corrected chi connectivity index (χ0v) is 65.6. The molecule has 0 saturated carbocycles. The smallest absolute Gasteiger partial charge is 0.553 e. The maximum absolute atomic E-state index is 14.3. The molecule has 1 amide bonds. The van der Waals surface area contributed by atoms with Crippen molar-refractivity contribution in [3.05, 3.63) is 182 Å². The van der Waals surface area contributed by atoms with Crippen molar-refractivity contribution >= 4 is 93.8 Å². The van der Waals surface area contributed by atoms with E-state index < -0.39 is 59.4 Å². The summed E-state index contributed by atoms with van der Waals surface area (Å²) in [6.07, 6.45) is 1.27. The fourth-order valence-corrected chi connectivity index (χ4v) is 11.9. The number of amides is 1. The van der Waals surface area contributed by atoms with E-state index in [4.69, 9.17) is 56.5 Å². The Morgan fingerprint density at radius 2 is 0.830 bits per heavy atom. The third kappa shape index (κ3) is 25.1. The molecule has 6 aromatic carbocycles. The number of sulfonamides is 3. The van der Waals surface area contributed by atoms with Gasteiger partial charge in [-0.3, -0.25) is 29.2 Å². The molecule has 2 aromatic heterocycles. The Morgan fingerprint density at radius 3 is 1.11 bits per heavy atom. The molecule has 0 radical (unpaired) electrons. The van der Waals surface area contributed by atoms with E-state index in [0.29, 0.717) is 11.2 Å². The average Bonchev–Trinajstić information content (AvgIpc) is 0.794. The van der Waals surface area contributed by atoms with Gasteiger partial charge in [0.05, 0.1) is 52.4 Å². The molecule has 0 bridgehead atoms. The number of nitrogens with two attached hydrogens (primary N) is 2. The normalized spacial score (nSPS) is 11.6. The predicted molar refractivity (Wildman–Crippen MR) is 381 cm³/mol. The molecular formula is C66H86Cl3F3N13NaO11S3. The second-order valence-corrected chi connectivity index (χ2v) is 32.2. The van der Waals surface area contributed by atoms with Crippen molar-refractivity contribution in [2.45, 2.75) is 147 Å². The van der Waals surface area contributed by atoms with Crippen LogP contribution >= 0.6 is 34.8 Å². The minimum Gasteiger partial charge on any atom is -0.553 e. The maximum atomic E-state index is 14.3. The Labute approximate surface area is 620 Å². The Balaban J connectivity index is 0.000000477. The number of aromatic nitrogens is 6. The minimum absolute atomic E-state index is 0. The number of anilines is 3. The van der Waals surface area contributed by atoms with Crippen LogP contribution in [0.25, 0.3) is 28.7 Å². The van der Waals surface area contributed by atoms with Gasteiger partial charge in [0.2, 0.25) is 0 Å². The van der Waals surface area contributed by atoms with Crippen molar-refractivity contribution in [1.29, 1.82) is 0 Å². The van der Waals surface area contributed by atoms with E-state index in [2.05, 4.69) is 68.0 Å². The van der Waals surface area contributed by atoms with Crippen LogP contribution in [0.2, 0.25) is 15.1 Å². The largest absolute Gasteiger partial charge is 1.00 e. The van der Waals surface area contributed by atoms with Crippen molar-refractivity contribution in [3.8, 4) is 22.8 Å². The summed E-state index contributed by atoms with van der Waals surface area (Å²) in [5.41, 5.74) is 9.27. The molecule has 34 heteroatoms. The van der Waals surface area contributed by atoms with E-state index in [0.717, 1.165) is 41.0 Å². The number of rotatable bonds is 15. The third-order valence-corrected chi connectivity index (χ3v) is 19.4. The van der Waals surface area contributed by atoms with Gasteiger partial charge in [-0.1, -0.05) is 168 Å². The predicted octanol–water partition coefficient (Wildman–Crippen LogP) is 10.9. The number of nitrogens with zero attached hydrogens (tertiary/aromatic N) is 6. The summed E-state index contributed by atoms with van der Waals surface area (Å²) in [5, 5.41) is 30.7. The van der Waals surface area contributed by atoms with Crippen LogP contribution in [0.4, 0.5) is 30.2 Å². The number of nitrogens with one attached hydrogen (secondary N) is 5. The number of benzene rings is 6. The molecule has 0 saturated heterocycles. The number of aliphatic hydroxyl groups is 1. The molecule has 11 N–H and O–H groups in total. The van der Waals surface area contributed by atoms with Crippen LogP contribution in [-0.2, 0) is 83.2 Å². The number of hydrazine groups is 1. The van der Waals surface area contributed by atoms with E-state index in [-0.39, 0.29) is 140 Å². The number of carbonyl (C=O) groups is 2. The van der Waals surface area contributed by atoms with Gasteiger partial charge in [0.25, 0.3) is 36.0 Å². The van der Waals surface area contributed by atoms with Crippen LogP contribution < -0.4 is 60.7 Å². The number of nitrogen functional groups attached to an aromatic ring is 1. The SMILES string of the molecule is CC(=O)OCc1nnc(-c2cc(Cl)c(F)cc2NS(=O)(=O)c2ccc(C(C)(C)C)cc2)n1C.CC(C)(C)c1ccc(S(=O)(=O)Nc2cc(F)c(Cl)cc2C(=O)NN)cc1.CCC(C)(C)C.CN.Cn1c(CO)nnc1-c1cc(Cl)c(F)cc1NS(=O)(=O)c1ccc(C(C)(C)C)cc1.[NH-]O.[Na+]. The molecule has 0 aliphatic carbocycles. The first-order valence-electron chi connectivity index (χ1n) is 29.9. The number of hydrogen-bond donors (Lipinski definition) is 8. The van der Waals surface area contributed by atoms with Crippen LogP contribution in [-0.4, -0.2) is 84.0 Å². The number of esters is 1. The first kappa shape index (κ1) is 89.3. The van der Waals surface area contributed by atoms with E-state index in [1.165, 1.54) is 78.1 Å². The van der Waals surface area contributed by atoms with E-state index in [1.807, 2.05) is 67.7 Å². The van der Waals surface area contributed by atoms with Gasteiger partial charge >= 0.3 is 35.5 Å². The van der Waals surface area contributed by atoms with Gasteiger partial charge < -0.3 is 35.8 Å². The molecule has 542 valence electrons. The van der Waals surface area contributed by atoms with Crippen LogP contribution in [0.15, 0.2) is 124 Å². The zero-order chi connectivity index (χ0) is 75.7. The van der Waals surface area contributed by atoms with E-state index >= 15 is 0 Å². The Kier molecular flexibility index (Phi) is 33.4. The molecule has 0 spiro atoms. The van der Waals surface area contributed by atoms with Crippen molar-refractivity contribution in [3.63, 3.8) is 0 Å². The molecule has 2 heterocycles. The second-order valence-electron chi connectivity index (χ2n) is 25.9. The summed E-state index contributed by atoms with van der Waals surface area (Å²) in [6.45, 7) is 27.9. The summed E-state index contributed by atoms with van der Waals surface area (Å²) >= 11 is 17.5. The van der Waals surface area contributed by atoms with Gasteiger partial charge in [-0.25, -0.2) is 44.3 Å². The number of hydrogen-bond acceptors (Lipinski definition) is 17. The fraction of sp³-hybridized carbons (Fsp3) is 0.364. The van der Waals surface area contributed by atoms with Crippen LogP contribution in [0.3, 0.4) is 0 Å². The number of carbonyl (C=O) groups excluding carboxylic acids is 2. The summed E-state index contributed by atoms with van der Waals surface area (Å²) in [5.74, 6) is 7.07. The zero-order valence-electron chi connectivity index (χ0n) is 58.9. The van der Waals surface area contributed by atoms with Crippen LogP contribution in [0, 0.1) is 22.9 Å². The topological polar surface area (TPSA) is 372 Å². The fourth-order valence-electron chi connectivity index (χ4n) is 8.16. The first-order valence-corrected chi connectivity index (χ1v) is 35.5. The van der Waals surface area contributed by atoms with Gasteiger partial charge in [-0.15, -0.1) is 20.4 Å². The van der Waals surface area contributed by atoms with Gasteiger partial charge in [0, 0.05) is 50.3 Å². The first-order chi connectivity index (χ1) is 45.7. The second kappa shape index (κ2) is 37.4. The molecule has 0 unspecified atom stereocenters. The quantitative estimate of drug-likeness (QED) is 0.0155. The summed E-state index contributed by atoms with van der Waals surface area (Å²) in [4.78, 5) is 22.9. The van der Waals surface area contributed by atoms with Crippen molar-refractivity contribution in [2.75, 3.05) is 21.2 Å². The molecule has 0 fully saturated rings. The molecule has 8 rings (SSSR count). The Morgan fingerprint density at radius 1 is 0.540 bits per heavy atom. The summed E-state index contributed by atoms with van der Waals surface area (Å²) < 4.78 is 134. The molecular weight excluding hydrogens is 1430 g/mol. The van der Waals surface area contributed by atoms with Crippen LogP contribution in [0.1, 0.15) is 142 Å². The number of halogens is 6. The summed E-state index contributed by atoms with van der Waals surface area (Å²) in [6, 6.07) is 25.6. The van der Waals surface area contributed by atoms with Gasteiger partial charge in [0.15, 0.2) is 29.9 Å². The van der Waals surface area contributed by atoms with Crippen LogP contribution in [0.5, 0.6) is 0 Å². The standard InChI is InChI=1S/C22H24ClFN4O4S.C20H22ClFN4O3S.C17H19ClFN3O3S.C6H14.CH5N.H2NO.Na/c1-13(29)32-12-20-25-26-21(28(20)5)16-10-17(23)18(24)11-19(16)27-33(30,31)15-8-6-14(7-9-15)22(2,3)4;1-20(2,3)12-5-7-13(8-6-12)30(28,29)25-17-10-16(22)15(21)9-14(17)19-24-23-18(11-27)26(19)4;1-17(2,3)10-4-6-11(7-5-10)26(24,25)22-15-9-14(19)13(18)8-12(15)16(23)21-20;1-5-6(2,3)4;2*1-2;/h6-11,27H,12H2,1-5H3;5-10,25,27H,11H2,1-4H3;4-9,22H,20H2,1-3H3,(H,21,23);5H2,1-4H3;2H2,1H3;1-2H;/q;;;;;-1;+1. The monoisotopic (exact) mass is 1520 g/mol. The number of ether oxygens (including phenoxy) is 1. The van der Waals surface area contributed by atoms with Crippen molar-refractivity contribution in [1.82, 2.24) is 35.0 Å². The molecule has 8 aromatic rings. The molecule has 100 heavy (non-hydrogen) atoms. The van der Waals surface area contributed by atoms with E-state index in [1.54, 1.807) is 50.5 Å². The molecule has 0 atom stereocenters. The van der Waals surface area contributed by atoms with Gasteiger partial charge in [0.1, 0.15) is 24.1 Å². The molecule has 24 nitrogen and oxygen atoms in total. The summed E-state index contributed by atoms with van der Waals surface area (Å²) in [7, 11) is -7.41. The van der Waals surface area contributed by atoms with E-state index in [9.17, 15) is 53.1 Å². The van der Waals surface area contributed by atoms with Gasteiger partial charge in [-0.2, -0.15) is 0 Å².